The smallest absolute Gasteiger partial charge is 0.318 e. The maximum Gasteiger partial charge on any atom is 0.331 e. The molecule has 0 radical (unpaired) electrons. The highest BCUT2D eigenvalue weighted by atomic mass is 16.2. The van der Waals surface area contributed by atoms with E-state index in [1.165, 1.54) is 12.6 Å². The molecule has 27 heavy (non-hydrogen) atoms. The number of carbonyl (C=O) groups excluding carboxylic acids is 3. The van der Waals surface area contributed by atoms with Crippen molar-refractivity contribution in [2.75, 3.05) is 7.05 Å². The highest BCUT2D eigenvalue weighted by Gasteiger charge is 2.33. The predicted octanol–water partition coefficient (Wildman–Crippen LogP) is 3.31. The van der Waals surface area contributed by atoms with Crippen LogP contribution in [0.4, 0.5) is 4.79 Å². The van der Waals surface area contributed by atoms with E-state index < -0.39 is 17.8 Å². The highest BCUT2D eigenvalue weighted by molar-refractivity contribution is 6.30. The van der Waals surface area contributed by atoms with Crippen molar-refractivity contribution < 1.29 is 14.4 Å². The summed E-state index contributed by atoms with van der Waals surface area (Å²) in [7, 11) is 1.34. The zero-order chi connectivity index (χ0) is 19.9. The van der Waals surface area contributed by atoms with Gasteiger partial charge in [0.05, 0.1) is 0 Å². The fourth-order valence-corrected chi connectivity index (χ4v) is 3.24. The fourth-order valence-electron chi connectivity index (χ4n) is 3.24. The summed E-state index contributed by atoms with van der Waals surface area (Å²) in [5, 5.41) is 2.17. The first-order valence-electron chi connectivity index (χ1n) is 8.85. The van der Waals surface area contributed by atoms with E-state index in [1.54, 1.807) is 6.08 Å². The van der Waals surface area contributed by atoms with Crippen LogP contribution in [0.15, 0.2) is 35.9 Å². The number of benzene rings is 1. The van der Waals surface area contributed by atoms with Gasteiger partial charge in [-0.2, -0.15) is 0 Å². The van der Waals surface area contributed by atoms with Gasteiger partial charge >= 0.3 is 6.03 Å². The van der Waals surface area contributed by atoms with E-state index >= 15 is 0 Å². The molecule has 0 spiro atoms. The third-order valence-corrected chi connectivity index (χ3v) is 4.89. The summed E-state index contributed by atoms with van der Waals surface area (Å²) in [5.41, 5.74) is 4.91. The zero-order valence-corrected chi connectivity index (χ0v) is 16.2. The Balaban J connectivity index is 2.02. The Labute approximate surface area is 158 Å². The third kappa shape index (κ3) is 3.30. The minimum Gasteiger partial charge on any atom is -0.318 e. The lowest BCUT2D eigenvalue weighted by atomic mass is 10.0. The summed E-state index contributed by atoms with van der Waals surface area (Å²) in [6, 6.07) is 9.56. The number of nitrogens with one attached hydrogen (secondary N) is 1. The average Bonchev–Trinajstić information content (AvgIpc) is 2.90. The molecule has 2 heterocycles. The molecule has 1 aliphatic rings. The molecule has 0 bridgehead atoms. The lowest BCUT2D eigenvalue weighted by Gasteiger charge is -2.22. The summed E-state index contributed by atoms with van der Waals surface area (Å²) in [6.07, 6.45) is 1.54. The van der Waals surface area contributed by atoms with Gasteiger partial charge in [0, 0.05) is 24.1 Å². The number of amides is 4. The standard InChI is InChI=1S/C21H23N3O3/c1-12(2)15-6-8-17(9-7-15)24-13(3)10-16(14(24)4)11-18-19(25)22-21(27)23(5)20(18)26/h6-12H,1-5H3,(H,22,25,27)/b18-11+. The van der Waals surface area contributed by atoms with E-state index in [9.17, 15) is 14.4 Å². The molecule has 0 saturated carbocycles. The Kier molecular flexibility index (Phi) is 4.74. The number of barbiturate groups is 1. The van der Waals surface area contributed by atoms with Gasteiger partial charge in [-0.25, -0.2) is 4.79 Å². The van der Waals surface area contributed by atoms with Crippen molar-refractivity contribution in [2.24, 2.45) is 0 Å². The number of aromatic nitrogens is 1. The lowest BCUT2D eigenvalue weighted by Crippen LogP contribution is -2.52. The summed E-state index contributed by atoms with van der Waals surface area (Å²) in [5.74, 6) is -0.814. The zero-order valence-electron chi connectivity index (χ0n) is 16.2. The Morgan fingerprint density at radius 2 is 1.67 bits per heavy atom. The second-order valence-corrected chi connectivity index (χ2v) is 7.09. The monoisotopic (exact) mass is 365 g/mol. The van der Waals surface area contributed by atoms with Gasteiger partial charge in [0.15, 0.2) is 0 Å². The van der Waals surface area contributed by atoms with Crippen LogP contribution in [-0.2, 0) is 9.59 Å². The summed E-state index contributed by atoms with van der Waals surface area (Å²) < 4.78 is 2.08. The molecule has 3 rings (SSSR count). The normalized spacial score (nSPS) is 16.4. The molecule has 0 aliphatic carbocycles. The van der Waals surface area contributed by atoms with Gasteiger partial charge in [-0.3, -0.25) is 19.8 Å². The van der Waals surface area contributed by atoms with Crippen molar-refractivity contribution >= 4 is 23.9 Å². The van der Waals surface area contributed by atoms with E-state index in [0.717, 1.165) is 27.5 Å². The Morgan fingerprint density at radius 3 is 2.26 bits per heavy atom. The van der Waals surface area contributed by atoms with Crippen molar-refractivity contribution in [1.82, 2.24) is 14.8 Å². The number of hydrogen-bond donors (Lipinski definition) is 1. The molecule has 0 unspecified atom stereocenters. The second-order valence-electron chi connectivity index (χ2n) is 7.09. The van der Waals surface area contributed by atoms with E-state index in [0.29, 0.717) is 5.92 Å². The van der Waals surface area contributed by atoms with Crippen LogP contribution in [0.2, 0.25) is 0 Å². The van der Waals surface area contributed by atoms with Crippen molar-refractivity contribution in [3.05, 3.63) is 58.4 Å². The van der Waals surface area contributed by atoms with E-state index in [-0.39, 0.29) is 5.57 Å². The topological polar surface area (TPSA) is 71.4 Å². The number of imide groups is 2. The van der Waals surface area contributed by atoms with Crippen molar-refractivity contribution in [2.45, 2.75) is 33.6 Å². The maximum atomic E-state index is 12.3. The van der Waals surface area contributed by atoms with Crippen LogP contribution in [0.5, 0.6) is 0 Å². The number of carbonyl (C=O) groups is 3. The Hall–Kier alpha value is -3.15. The van der Waals surface area contributed by atoms with Gasteiger partial charge in [0.2, 0.25) is 0 Å². The van der Waals surface area contributed by atoms with Crippen molar-refractivity contribution in [3.63, 3.8) is 0 Å². The van der Waals surface area contributed by atoms with E-state index in [4.69, 9.17) is 0 Å². The summed E-state index contributed by atoms with van der Waals surface area (Å²) in [6.45, 7) is 8.22. The summed E-state index contributed by atoms with van der Waals surface area (Å²) in [4.78, 5) is 36.8. The van der Waals surface area contributed by atoms with Gasteiger partial charge in [0.1, 0.15) is 5.57 Å². The average molecular weight is 365 g/mol. The van der Waals surface area contributed by atoms with Gasteiger partial charge in [-0.05, 0) is 55.2 Å². The van der Waals surface area contributed by atoms with E-state index in [2.05, 4.69) is 48.0 Å². The molecule has 1 fully saturated rings. The fraction of sp³-hybridized carbons (Fsp3) is 0.286. The maximum absolute atomic E-state index is 12.3. The molecule has 4 amide bonds. The minimum absolute atomic E-state index is 0.0486. The Morgan fingerprint density at radius 1 is 1.04 bits per heavy atom. The molecule has 6 nitrogen and oxygen atoms in total. The minimum atomic E-state index is -0.710. The van der Waals surface area contributed by atoms with Gasteiger partial charge in [0.25, 0.3) is 11.8 Å². The number of urea groups is 1. The van der Waals surface area contributed by atoms with Gasteiger partial charge in [-0.1, -0.05) is 26.0 Å². The van der Waals surface area contributed by atoms with Crippen LogP contribution in [0.25, 0.3) is 11.8 Å². The molecule has 6 heteroatoms. The third-order valence-electron chi connectivity index (χ3n) is 4.89. The van der Waals surface area contributed by atoms with Crippen LogP contribution in [-0.4, -0.2) is 34.4 Å². The Bertz CT molecular complexity index is 965. The molecule has 1 saturated heterocycles. The van der Waals surface area contributed by atoms with Gasteiger partial charge < -0.3 is 4.57 Å². The number of aryl methyl sites for hydroxylation is 1. The largest absolute Gasteiger partial charge is 0.331 e. The van der Waals surface area contributed by atoms with Crippen LogP contribution < -0.4 is 5.32 Å². The molecule has 1 N–H and O–H groups in total. The molecular formula is C21H23N3O3. The molecule has 140 valence electrons. The van der Waals surface area contributed by atoms with Crippen LogP contribution >= 0.6 is 0 Å². The van der Waals surface area contributed by atoms with Crippen molar-refractivity contribution in [3.8, 4) is 5.69 Å². The number of nitrogens with zero attached hydrogens (tertiary/aromatic N) is 2. The van der Waals surface area contributed by atoms with Gasteiger partial charge in [-0.15, -0.1) is 0 Å². The molecule has 1 aromatic carbocycles. The lowest BCUT2D eigenvalue weighted by molar-refractivity contribution is -0.129. The van der Waals surface area contributed by atoms with Crippen molar-refractivity contribution in [1.29, 1.82) is 0 Å². The van der Waals surface area contributed by atoms with Crippen LogP contribution in [0, 0.1) is 13.8 Å². The van der Waals surface area contributed by atoms with E-state index in [1.807, 2.05) is 19.9 Å². The van der Waals surface area contributed by atoms with Crippen LogP contribution in [0.3, 0.4) is 0 Å². The van der Waals surface area contributed by atoms with Crippen LogP contribution in [0.1, 0.15) is 42.3 Å². The molecule has 1 aromatic heterocycles. The number of hydrogen-bond acceptors (Lipinski definition) is 3. The predicted molar refractivity (Wildman–Crippen MR) is 104 cm³/mol. The molecule has 0 atom stereocenters. The SMILES string of the molecule is Cc1cc(/C=C2\C(=O)NC(=O)N(C)C2=O)c(C)n1-c1ccc(C(C)C)cc1. The first kappa shape index (κ1) is 18.6. The second kappa shape index (κ2) is 6.87. The molecule has 1 aliphatic heterocycles. The summed E-state index contributed by atoms with van der Waals surface area (Å²) >= 11 is 0. The molecular weight excluding hydrogens is 342 g/mol. The number of likely N-dealkylation sites (N-methyl/N-ethyl adjacent to an activating group) is 1. The number of rotatable bonds is 3. The quantitative estimate of drug-likeness (QED) is 0.670. The highest BCUT2D eigenvalue weighted by Crippen LogP contribution is 2.25. The first-order chi connectivity index (χ1) is 12.7. The first-order valence-corrected chi connectivity index (χ1v) is 8.85. The molecule has 2 aromatic rings.